The van der Waals surface area contributed by atoms with Gasteiger partial charge in [-0.1, -0.05) is 49.5 Å². The molecule has 0 aromatic carbocycles. The number of nitrogens with one attached hydrogen (secondary N) is 1. The summed E-state index contributed by atoms with van der Waals surface area (Å²) in [4.78, 5) is 12.8. The lowest BCUT2D eigenvalue weighted by molar-refractivity contribution is -0.132. The molecule has 116 valence electrons. The van der Waals surface area contributed by atoms with Crippen LogP contribution in [-0.4, -0.2) is 16.8 Å². The van der Waals surface area contributed by atoms with Gasteiger partial charge in [0.25, 0.3) is 0 Å². The predicted octanol–water partition coefficient (Wildman–Crippen LogP) is 4.66. The van der Waals surface area contributed by atoms with Crippen LogP contribution in [0.3, 0.4) is 0 Å². The molecule has 2 aliphatic rings. The Labute approximate surface area is 132 Å². The molecule has 2 nitrogen and oxygen atoms in total. The molecule has 1 N–H and O–H groups in total. The van der Waals surface area contributed by atoms with Gasteiger partial charge in [0, 0.05) is 16.8 Å². The standard InChI is InChI=1S/C17H30BrNO/c1-13-7-10-17(12-18,11-8-13)19-15(20)14-6-4-5-9-16(14,2)3/h13-14H,4-12H2,1-3H3,(H,19,20). The van der Waals surface area contributed by atoms with Crippen LogP contribution in [-0.2, 0) is 4.79 Å². The minimum Gasteiger partial charge on any atom is -0.350 e. The van der Waals surface area contributed by atoms with Gasteiger partial charge in [-0.05, 0) is 49.9 Å². The Balaban J connectivity index is 2.02. The van der Waals surface area contributed by atoms with Crippen molar-refractivity contribution in [2.24, 2.45) is 17.3 Å². The van der Waals surface area contributed by atoms with E-state index in [4.69, 9.17) is 0 Å². The molecule has 0 bridgehead atoms. The summed E-state index contributed by atoms with van der Waals surface area (Å²) in [5.74, 6) is 1.32. The molecule has 2 fully saturated rings. The Morgan fingerprint density at radius 2 is 1.80 bits per heavy atom. The third-order valence-corrected chi connectivity index (χ3v) is 6.77. The van der Waals surface area contributed by atoms with Gasteiger partial charge < -0.3 is 5.32 Å². The summed E-state index contributed by atoms with van der Waals surface area (Å²) in [6.45, 7) is 6.85. The monoisotopic (exact) mass is 343 g/mol. The van der Waals surface area contributed by atoms with E-state index in [0.29, 0.717) is 5.91 Å². The minimum atomic E-state index is 0.0110. The molecule has 0 aliphatic heterocycles. The molecule has 0 aromatic rings. The molecule has 3 heteroatoms. The summed E-state index contributed by atoms with van der Waals surface area (Å²) in [6, 6.07) is 0. The summed E-state index contributed by atoms with van der Waals surface area (Å²) in [6.07, 6.45) is 9.45. The lowest BCUT2D eigenvalue weighted by Crippen LogP contribution is -2.55. The molecule has 0 aromatic heterocycles. The van der Waals surface area contributed by atoms with Crippen molar-refractivity contribution in [1.82, 2.24) is 5.32 Å². The van der Waals surface area contributed by atoms with E-state index in [2.05, 4.69) is 42.0 Å². The minimum absolute atomic E-state index is 0.0110. The van der Waals surface area contributed by atoms with E-state index in [1.165, 1.54) is 32.1 Å². The second kappa shape index (κ2) is 6.37. The highest BCUT2D eigenvalue weighted by atomic mass is 79.9. The first-order chi connectivity index (χ1) is 9.38. The van der Waals surface area contributed by atoms with Gasteiger partial charge in [-0.2, -0.15) is 0 Å². The maximum Gasteiger partial charge on any atom is 0.224 e. The van der Waals surface area contributed by atoms with Crippen LogP contribution in [0, 0.1) is 17.3 Å². The van der Waals surface area contributed by atoms with Gasteiger partial charge in [-0.3, -0.25) is 4.79 Å². The van der Waals surface area contributed by atoms with Crippen LogP contribution in [0.25, 0.3) is 0 Å². The van der Waals surface area contributed by atoms with Crippen LogP contribution in [0.4, 0.5) is 0 Å². The van der Waals surface area contributed by atoms with Crippen molar-refractivity contribution in [3.05, 3.63) is 0 Å². The van der Waals surface area contributed by atoms with Crippen molar-refractivity contribution in [3.8, 4) is 0 Å². The Morgan fingerprint density at radius 1 is 1.15 bits per heavy atom. The Bertz CT molecular complexity index is 345. The number of rotatable bonds is 3. The number of carbonyl (C=O) groups excluding carboxylic acids is 1. The van der Waals surface area contributed by atoms with Crippen LogP contribution in [0.1, 0.15) is 72.1 Å². The Morgan fingerprint density at radius 3 is 2.35 bits per heavy atom. The molecule has 1 unspecified atom stereocenters. The normalized spacial score (nSPS) is 37.4. The molecule has 1 amide bonds. The van der Waals surface area contributed by atoms with Gasteiger partial charge in [-0.15, -0.1) is 0 Å². The first-order valence-electron chi connectivity index (χ1n) is 8.27. The Hall–Kier alpha value is -0.0500. The second-order valence-electron chi connectivity index (χ2n) is 7.87. The molecule has 20 heavy (non-hydrogen) atoms. The molecule has 0 heterocycles. The highest BCUT2D eigenvalue weighted by molar-refractivity contribution is 9.09. The summed E-state index contributed by atoms with van der Waals surface area (Å²) in [5, 5.41) is 4.34. The van der Waals surface area contributed by atoms with Gasteiger partial charge in [0.05, 0.1) is 0 Å². The smallest absolute Gasteiger partial charge is 0.224 e. The molecule has 0 radical (unpaired) electrons. The molecule has 0 saturated heterocycles. The average Bonchev–Trinajstić information content (AvgIpc) is 2.41. The largest absolute Gasteiger partial charge is 0.350 e. The molecule has 2 saturated carbocycles. The first-order valence-corrected chi connectivity index (χ1v) is 9.39. The zero-order valence-electron chi connectivity index (χ0n) is 13.3. The van der Waals surface area contributed by atoms with Crippen molar-refractivity contribution in [2.45, 2.75) is 77.7 Å². The quantitative estimate of drug-likeness (QED) is 0.741. The summed E-state index contributed by atoms with van der Waals surface area (Å²) >= 11 is 3.65. The van der Waals surface area contributed by atoms with Gasteiger partial charge in [0.2, 0.25) is 5.91 Å². The summed E-state index contributed by atoms with van der Waals surface area (Å²) in [7, 11) is 0. The van der Waals surface area contributed by atoms with E-state index in [9.17, 15) is 4.79 Å². The molecule has 2 rings (SSSR count). The van der Waals surface area contributed by atoms with Crippen LogP contribution in [0.2, 0.25) is 0 Å². The van der Waals surface area contributed by atoms with Gasteiger partial charge in [-0.25, -0.2) is 0 Å². The highest BCUT2D eigenvalue weighted by Crippen LogP contribution is 2.41. The molecule has 0 spiro atoms. The number of halogens is 1. The van der Waals surface area contributed by atoms with Crippen molar-refractivity contribution in [2.75, 3.05) is 5.33 Å². The number of alkyl halides is 1. The second-order valence-corrected chi connectivity index (χ2v) is 8.43. The lowest BCUT2D eigenvalue weighted by atomic mass is 9.68. The third-order valence-electron chi connectivity index (χ3n) is 5.70. The summed E-state index contributed by atoms with van der Waals surface area (Å²) in [5.41, 5.74) is 0.176. The maximum absolute atomic E-state index is 12.8. The molecular formula is C17H30BrNO. The number of carbonyl (C=O) groups is 1. The maximum atomic E-state index is 12.8. The highest BCUT2D eigenvalue weighted by Gasteiger charge is 2.41. The number of hydrogen-bond acceptors (Lipinski definition) is 1. The molecular weight excluding hydrogens is 314 g/mol. The van der Waals surface area contributed by atoms with Gasteiger partial charge >= 0.3 is 0 Å². The van der Waals surface area contributed by atoms with E-state index in [0.717, 1.165) is 30.5 Å². The van der Waals surface area contributed by atoms with Crippen LogP contribution in [0.5, 0.6) is 0 Å². The fourth-order valence-electron chi connectivity index (χ4n) is 3.94. The topological polar surface area (TPSA) is 29.1 Å². The van der Waals surface area contributed by atoms with Crippen molar-refractivity contribution in [1.29, 1.82) is 0 Å². The van der Waals surface area contributed by atoms with Gasteiger partial charge in [0.1, 0.15) is 0 Å². The zero-order valence-corrected chi connectivity index (χ0v) is 14.9. The van der Waals surface area contributed by atoms with Crippen LogP contribution >= 0.6 is 15.9 Å². The van der Waals surface area contributed by atoms with Crippen LogP contribution in [0.15, 0.2) is 0 Å². The van der Waals surface area contributed by atoms with Crippen molar-refractivity contribution in [3.63, 3.8) is 0 Å². The third kappa shape index (κ3) is 3.58. The van der Waals surface area contributed by atoms with Crippen molar-refractivity contribution < 1.29 is 4.79 Å². The van der Waals surface area contributed by atoms with E-state index in [1.807, 2.05) is 0 Å². The summed E-state index contributed by atoms with van der Waals surface area (Å²) < 4.78 is 0. The predicted molar refractivity (Wildman–Crippen MR) is 88.0 cm³/mol. The van der Waals surface area contributed by atoms with E-state index >= 15 is 0 Å². The fourth-order valence-corrected chi connectivity index (χ4v) is 4.64. The van der Waals surface area contributed by atoms with E-state index in [1.54, 1.807) is 0 Å². The Kier molecular flexibility index (Phi) is 5.20. The fraction of sp³-hybridized carbons (Fsp3) is 0.941. The number of hydrogen-bond donors (Lipinski definition) is 1. The van der Waals surface area contributed by atoms with E-state index < -0.39 is 0 Å². The molecule has 2 aliphatic carbocycles. The van der Waals surface area contributed by atoms with Gasteiger partial charge in [0.15, 0.2) is 0 Å². The van der Waals surface area contributed by atoms with Crippen molar-refractivity contribution >= 4 is 21.8 Å². The number of amides is 1. The van der Waals surface area contributed by atoms with Crippen LogP contribution < -0.4 is 5.32 Å². The average molecular weight is 344 g/mol. The SMILES string of the molecule is CC1CCC(CBr)(NC(=O)C2CCCCC2(C)C)CC1. The van der Waals surface area contributed by atoms with E-state index in [-0.39, 0.29) is 16.9 Å². The molecule has 1 atom stereocenters. The lowest BCUT2D eigenvalue weighted by Gasteiger charge is -2.43. The zero-order chi connectivity index (χ0) is 14.8. The first kappa shape index (κ1) is 16.3.